The molecule has 21 heavy (non-hydrogen) atoms. The van der Waals surface area contributed by atoms with Crippen molar-refractivity contribution in [1.29, 1.82) is 0 Å². The van der Waals surface area contributed by atoms with Gasteiger partial charge in [0, 0.05) is 31.9 Å². The molecule has 1 saturated heterocycles. The topological polar surface area (TPSA) is 48.9 Å². The van der Waals surface area contributed by atoms with Crippen LogP contribution in [0, 0.1) is 0 Å². The molecule has 0 amide bonds. The number of ether oxygens (including phenoxy) is 1. The normalized spacial score (nSPS) is 14.7. The molecule has 116 valence electrons. The van der Waals surface area contributed by atoms with Gasteiger partial charge in [-0.3, -0.25) is 0 Å². The van der Waals surface area contributed by atoms with Crippen LogP contribution in [0.5, 0.6) is 0 Å². The number of rotatable bonds is 5. The van der Waals surface area contributed by atoms with Crippen LogP contribution in [0.15, 0.2) is 29.3 Å². The summed E-state index contributed by atoms with van der Waals surface area (Å²) in [7, 11) is 0. The first-order chi connectivity index (χ1) is 10.3. The zero-order valence-electron chi connectivity index (χ0n) is 13.1. The van der Waals surface area contributed by atoms with Crippen molar-refractivity contribution >= 4 is 11.6 Å². The fourth-order valence-electron chi connectivity index (χ4n) is 2.43. The van der Waals surface area contributed by atoms with Gasteiger partial charge in [0.25, 0.3) is 0 Å². The van der Waals surface area contributed by atoms with Gasteiger partial charge in [0.15, 0.2) is 5.96 Å². The summed E-state index contributed by atoms with van der Waals surface area (Å²) in [6.45, 7) is 10.1. The number of aliphatic imine (C=N–C) groups is 1. The Morgan fingerprint density at radius 1 is 1.14 bits per heavy atom. The van der Waals surface area contributed by atoms with E-state index in [1.165, 1.54) is 11.3 Å². The van der Waals surface area contributed by atoms with Crippen molar-refractivity contribution in [3.8, 4) is 0 Å². The third-order valence-electron chi connectivity index (χ3n) is 3.44. The number of benzene rings is 1. The van der Waals surface area contributed by atoms with Gasteiger partial charge in [0.2, 0.25) is 0 Å². The fraction of sp³-hybridized carbons (Fsp3) is 0.562. The molecule has 1 heterocycles. The molecule has 2 rings (SSSR count). The molecule has 2 N–H and O–H groups in total. The maximum Gasteiger partial charge on any atom is 0.191 e. The Balaban J connectivity index is 2.09. The minimum Gasteiger partial charge on any atom is -0.378 e. The number of para-hydroxylation sites is 1. The molecule has 0 unspecified atom stereocenters. The van der Waals surface area contributed by atoms with Gasteiger partial charge in [-0.05, 0) is 25.5 Å². The van der Waals surface area contributed by atoms with Crippen molar-refractivity contribution in [2.45, 2.75) is 20.4 Å². The first-order valence-electron chi connectivity index (χ1n) is 7.78. The van der Waals surface area contributed by atoms with E-state index >= 15 is 0 Å². The van der Waals surface area contributed by atoms with Crippen molar-refractivity contribution < 1.29 is 4.74 Å². The second kappa shape index (κ2) is 8.52. The Morgan fingerprint density at radius 3 is 2.48 bits per heavy atom. The Hall–Kier alpha value is -1.75. The van der Waals surface area contributed by atoms with Crippen LogP contribution in [0.4, 0.5) is 5.69 Å². The third-order valence-corrected chi connectivity index (χ3v) is 3.44. The molecular weight excluding hydrogens is 264 g/mol. The van der Waals surface area contributed by atoms with Gasteiger partial charge in [-0.1, -0.05) is 18.2 Å². The van der Waals surface area contributed by atoms with Crippen LogP contribution in [0.3, 0.4) is 0 Å². The van der Waals surface area contributed by atoms with Crippen molar-refractivity contribution in [1.82, 2.24) is 10.6 Å². The van der Waals surface area contributed by atoms with Gasteiger partial charge in [-0.15, -0.1) is 0 Å². The average molecular weight is 290 g/mol. The molecule has 1 aromatic carbocycles. The molecule has 1 aliphatic rings. The van der Waals surface area contributed by atoms with Crippen molar-refractivity contribution in [3.63, 3.8) is 0 Å². The largest absolute Gasteiger partial charge is 0.378 e. The Kier molecular flexibility index (Phi) is 6.34. The highest BCUT2D eigenvalue weighted by atomic mass is 16.5. The van der Waals surface area contributed by atoms with Gasteiger partial charge in [0.1, 0.15) is 0 Å². The van der Waals surface area contributed by atoms with E-state index in [4.69, 9.17) is 4.74 Å². The molecule has 0 bridgehead atoms. The minimum atomic E-state index is 0.683. The predicted molar refractivity (Wildman–Crippen MR) is 88.0 cm³/mol. The van der Waals surface area contributed by atoms with Crippen LogP contribution in [-0.2, 0) is 11.3 Å². The summed E-state index contributed by atoms with van der Waals surface area (Å²) < 4.78 is 5.43. The highest BCUT2D eigenvalue weighted by molar-refractivity contribution is 5.79. The molecule has 0 spiro atoms. The second-order valence-corrected chi connectivity index (χ2v) is 4.95. The monoisotopic (exact) mass is 290 g/mol. The number of anilines is 1. The lowest BCUT2D eigenvalue weighted by Gasteiger charge is -2.30. The molecular formula is C16H26N4O. The third kappa shape index (κ3) is 4.63. The van der Waals surface area contributed by atoms with Gasteiger partial charge in [-0.2, -0.15) is 0 Å². The molecule has 0 radical (unpaired) electrons. The molecule has 1 aliphatic heterocycles. The SMILES string of the molecule is CCNC(=NCc1ccccc1N1CCOCC1)NCC. The molecule has 1 aromatic rings. The molecule has 5 nitrogen and oxygen atoms in total. The van der Waals surface area contributed by atoms with E-state index in [-0.39, 0.29) is 0 Å². The van der Waals surface area contributed by atoms with Crippen molar-refractivity contribution in [3.05, 3.63) is 29.8 Å². The van der Waals surface area contributed by atoms with Gasteiger partial charge >= 0.3 is 0 Å². The predicted octanol–water partition coefficient (Wildman–Crippen LogP) is 1.60. The van der Waals surface area contributed by atoms with Gasteiger partial charge < -0.3 is 20.3 Å². The molecule has 0 atom stereocenters. The van der Waals surface area contributed by atoms with Crippen molar-refractivity contribution in [2.24, 2.45) is 4.99 Å². The number of hydrogen-bond donors (Lipinski definition) is 2. The molecule has 0 saturated carbocycles. The Morgan fingerprint density at radius 2 is 1.81 bits per heavy atom. The van der Waals surface area contributed by atoms with Crippen LogP contribution in [0.25, 0.3) is 0 Å². The van der Waals surface area contributed by atoms with Gasteiger partial charge in [-0.25, -0.2) is 4.99 Å². The summed E-state index contributed by atoms with van der Waals surface area (Å²) >= 11 is 0. The summed E-state index contributed by atoms with van der Waals surface area (Å²) in [6.07, 6.45) is 0. The summed E-state index contributed by atoms with van der Waals surface area (Å²) in [5.41, 5.74) is 2.53. The first kappa shape index (κ1) is 15.6. The van der Waals surface area contributed by atoms with Crippen LogP contribution in [0.2, 0.25) is 0 Å². The first-order valence-corrected chi connectivity index (χ1v) is 7.78. The van der Waals surface area contributed by atoms with E-state index in [1.54, 1.807) is 0 Å². The van der Waals surface area contributed by atoms with E-state index in [0.29, 0.717) is 6.54 Å². The van der Waals surface area contributed by atoms with E-state index in [9.17, 15) is 0 Å². The molecule has 0 aromatic heterocycles. The lowest BCUT2D eigenvalue weighted by Crippen LogP contribution is -2.37. The van der Waals surface area contributed by atoms with E-state index in [1.807, 2.05) is 0 Å². The van der Waals surface area contributed by atoms with E-state index in [2.05, 4.69) is 58.6 Å². The minimum absolute atomic E-state index is 0.683. The van der Waals surface area contributed by atoms with Crippen LogP contribution < -0.4 is 15.5 Å². The summed E-state index contributed by atoms with van der Waals surface area (Å²) in [5.74, 6) is 0.872. The van der Waals surface area contributed by atoms with E-state index in [0.717, 1.165) is 45.4 Å². The quantitative estimate of drug-likeness (QED) is 0.639. The molecule has 5 heteroatoms. The zero-order valence-corrected chi connectivity index (χ0v) is 13.1. The summed E-state index contributed by atoms with van der Waals surface area (Å²) in [5, 5.41) is 6.52. The lowest BCUT2D eigenvalue weighted by molar-refractivity contribution is 0.122. The van der Waals surface area contributed by atoms with Crippen LogP contribution in [0.1, 0.15) is 19.4 Å². The highest BCUT2D eigenvalue weighted by Crippen LogP contribution is 2.22. The van der Waals surface area contributed by atoms with Crippen LogP contribution >= 0.6 is 0 Å². The van der Waals surface area contributed by atoms with Crippen molar-refractivity contribution in [2.75, 3.05) is 44.3 Å². The summed E-state index contributed by atoms with van der Waals surface area (Å²) in [6, 6.07) is 8.50. The van der Waals surface area contributed by atoms with Gasteiger partial charge in [0.05, 0.1) is 19.8 Å². The Labute approximate surface area is 127 Å². The second-order valence-electron chi connectivity index (χ2n) is 4.95. The fourth-order valence-corrected chi connectivity index (χ4v) is 2.43. The highest BCUT2D eigenvalue weighted by Gasteiger charge is 2.14. The number of nitrogens with zero attached hydrogens (tertiary/aromatic N) is 2. The average Bonchev–Trinajstić information content (AvgIpc) is 2.54. The maximum absolute atomic E-state index is 5.43. The zero-order chi connectivity index (χ0) is 14.9. The number of morpholine rings is 1. The molecule has 1 fully saturated rings. The maximum atomic E-state index is 5.43. The Bertz CT molecular complexity index is 447. The lowest BCUT2D eigenvalue weighted by atomic mass is 10.1. The number of guanidine groups is 1. The number of hydrogen-bond acceptors (Lipinski definition) is 3. The van der Waals surface area contributed by atoms with Crippen LogP contribution in [-0.4, -0.2) is 45.4 Å². The summed E-state index contributed by atoms with van der Waals surface area (Å²) in [4.78, 5) is 7.05. The number of nitrogens with one attached hydrogen (secondary N) is 2. The molecule has 0 aliphatic carbocycles. The smallest absolute Gasteiger partial charge is 0.191 e. The standard InChI is InChI=1S/C16H26N4O/c1-3-17-16(18-4-2)19-13-14-7-5-6-8-15(14)20-9-11-21-12-10-20/h5-8H,3-4,9-13H2,1-2H3,(H2,17,18,19). The van der Waals surface area contributed by atoms with E-state index < -0.39 is 0 Å².